The Morgan fingerprint density at radius 3 is 2.67 bits per heavy atom. The number of aliphatic hydroxyl groups excluding tert-OH is 1. The fourth-order valence-electron chi connectivity index (χ4n) is 2.99. The van der Waals surface area contributed by atoms with Crippen molar-refractivity contribution in [3.63, 3.8) is 0 Å². The minimum atomic E-state index is -0.414. The predicted molar refractivity (Wildman–Crippen MR) is 86.6 cm³/mol. The summed E-state index contributed by atoms with van der Waals surface area (Å²) < 4.78 is 11.0. The highest BCUT2D eigenvalue weighted by Crippen LogP contribution is 2.21. The molecule has 4 heteroatoms. The molecule has 1 fully saturated rings. The highest BCUT2D eigenvalue weighted by molar-refractivity contribution is 4.84. The Labute approximate surface area is 130 Å². The molecular formula is C17H35NO3. The third-order valence-electron chi connectivity index (χ3n) is 4.32. The van der Waals surface area contributed by atoms with Crippen LogP contribution in [-0.4, -0.2) is 50.2 Å². The highest BCUT2D eigenvalue weighted by atomic mass is 16.5. The first-order chi connectivity index (χ1) is 10.3. The van der Waals surface area contributed by atoms with E-state index in [4.69, 9.17) is 9.47 Å². The summed E-state index contributed by atoms with van der Waals surface area (Å²) in [5, 5.41) is 13.3. The van der Waals surface area contributed by atoms with Crippen molar-refractivity contribution in [1.82, 2.24) is 5.32 Å². The zero-order valence-corrected chi connectivity index (χ0v) is 14.0. The molecule has 1 rings (SSSR count). The zero-order valence-electron chi connectivity index (χ0n) is 14.0. The molecule has 0 aromatic carbocycles. The minimum Gasteiger partial charge on any atom is -0.389 e. The molecule has 1 aliphatic rings. The number of nitrogens with one attached hydrogen (secondary N) is 1. The molecule has 0 radical (unpaired) electrons. The van der Waals surface area contributed by atoms with E-state index in [0.29, 0.717) is 25.3 Å². The predicted octanol–water partition coefficient (Wildman–Crippen LogP) is 2.88. The van der Waals surface area contributed by atoms with Gasteiger partial charge in [-0.1, -0.05) is 39.0 Å². The topological polar surface area (TPSA) is 50.7 Å². The zero-order chi connectivity index (χ0) is 15.3. The molecule has 3 atom stereocenters. The van der Waals surface area contributed by atoms with E-state index >= 15 is 0 Å². The van der Waals surface area contributed by atoms with Crippen molar-refractivity contribution < 1.29 is 14.6 Å². The summed E-state index contributed by atoms with van der Waals surface area (Å²) in [6.45, 7) is 4.04. The number of ether oxygens (including phenoxy) is 2. The van der Waals surface area contributed by atoms with Crippen molar-refractivity contribution in [3.05, 3.63) is 0 Å². The monoisotopic (exact) mass is 301 g/mol. The summed E-state index contributed by atoms with van der Waals surface area (Å²) in [4.78, 5) is 0. The van der Waals surface area contributed by atoms with Crippen LogP contribution in [0.3, 0.4) is 0 Å². The van der Waals surface area contributed by atoms with Crippen molar-refractivity contribution in [2.75, 3.05) is 26.9 Å². The first-order valence-corrected chi connectivity index (χ1v) is 8.80. The van der Waals surface area contributed by atoms with Crippen molar-refractivity contribution >= 4 is 0 Å². The molecule has 4 nitrogen and oxygen atoms in total. The Balaban J connectivity index is 1.90. The van der Waals surface area contributed by atoms with Crippen LogP contribution in [0, 0.1) is 0 Å². The van der Waals surface area contributed by atoms with Gasteiger partial charge in [-0.15, -0.1) is 0 Å². The van der Waals surface area contributed by atoms with Gasteiger partial charge in [0.05, 0.1) is 18.8 Å². The standard InChI is InChI=1S/C17H35NO3/c1-3-4-5-6-7-8-12-21-14-15(19)13-18-16-10-9-11-17(16)20-2/h15-19H,3-14H2,1-2H3. The molecule has 0 aromatic heterocycles. The number of rotatable bonds is 13. The fourth-order valence-corrected chi connectivity index (χ4v) is 2.99. The van der Waals surface area contributed by atoms with Crippen molar-refractivity contribution in [2.24, 2.45) is 0 Å². The van der Waals surface area contributed by atoms with Gasteiger partial charge in [0.1, 0.15) is 0 Å². The molecule has 2 N–H and O–H groups in total. The average molecular weight is 301 g/mol. The molecule has 21 heavy (non-hydrogen) atoms. The molecule has 0 bridgehead atoms. The largest absolute Gasteiger partial charge is 0.389 e. The molecule has 0 heterocycles. The Hall–Kier alpha value is -0.160. The fraction of sp³-hybridized carbons (Fsp3) is 1.00. The van der Waals surface area contributed by atoms with E-state index in [2.05, 4.69) is 12.2 Å². The number of hydrogen-bond donors (Lipinski definition) is 2. The summed E-state index contributed by atoms with van der Waals surface area (Å²) in [6.07, 6.45) is 11.0. The van der Waals surface area contributed by atoms with Gasteiger partial charge in [-0.2, -0.15) is 0 Å². The molecule has 0 aliphatic heterocycles. The molecule has 1 aliphatic carbocycles. The Morgan fingerprint density at radius 1 is 1.14 bits per heavy atom. The summed E-state index contributed by atoms with van der Waals surface area (Å²) >= 11 is 0. The van der Waals surface area contributed by atoms with Crippen molar-refractivity contribution in [3.8, 4) is 0 Å². The number of hydrogen-bond acceptors (Lipinski definition) is 4. The van der Waals surface area contributed by atoms with Crippen molar-refractivity contribution in [1.29, 1.82) is 0 Å². The average Bonchev–Trinajstić information content (AvgIpc) is 2.95. The third-order valence-corrected chi connectivity index (χ3v) is 4.32. The van der Waals surface area contributed by atoms with E-state index in [1.807, 2.05) is 0 Å². The van der Waals surface area contributed by atoms with Crippen LogP contribution in [0.2, 0.25) is 0 Å². The maximum absolute atomic E-state index is 9.91. The van der Waals surface area contributed by atoms with Gasteiger partial charge in [0.2, 0.25) is 0 Å². The lowest BCUT2D eigenvalue weighted by Gasteiger charge is -2.21. The lowest BCUT2D eigenvalue weighted by atomic mass is 10.1. The Morgan fingerprint density at radius 2 is 1.90 bits per heavy atom. The van der Waals surface area contributed by atoms with Gasteiger partial charge in [0.25, 0.3) is 0 Å². The van der Waals surface area contributed by atoms with Crippen LogP contribution < -0.4 is 5.32 Å². The second-order valence-corrected chi connectivity index (χ2v) is 6.22. The van der Waals surface area contributed by atoms with Crippen LogP contribution in [0.1, 0.15) is 64.7 Å². The van der Waals surface area contributed by atoms with Crippen LogP contribution in [0.5, 0.6) is 0 Å². The van der Waals surface area contributed by atoms with Gasteiger partial charge in [-0.05, 0) is 25.7 Å². The van der Waals surface area contributed by atoms with Crippen LogP contribution >= 0.6 is 0 Å². The smallest absolute Gasteiger partial charge is 0.0897 e. The van der Waals surface area contributed by atoms with Gasteiger partial charge in [-0.25, -0.2) is 0 Å². The van der Waals surface area contributed by atoms with Gasteiger partial charge >= 0.3 is 0 Å². The summed E-state index contributed by atoms with van der Waals surface area (Å²) in [5.74, 6) is 0. The van der Waals surface area contributed by atoms with E-state index in [-0.39, 0.29) is 0 Å². The molecule has 0 spiro atoms. The molecule has 0 saturated heterocycles. The number of aliphatic hydroxyl groups is 1. The molecule has 3 unspecified atom stereocenters. The second kappa shape index (κ2) is 12.4. The Bertz CT molecular complexity index is 238. The van der Waals surface area contributed by atoms with Gasteiger partial charge in [0.15, 0.2) is 0 Å². The van der Waals surface area contributed by atoms with E-state index in [1.165, 1.54) is 38.5 Å². The minimum absolute atomic E-state index is 0.307. The van der Waals surface area contributed by atoms with Crippen LogP contribution in [0.4, 0.5) is 0 Å². The van der Waals surface area contributed by atoms with E-state index < -0.39 is 6.10 Å². The summed E-state index contributed by atoms with van der Waals surface area (Å²) in [7, 11) is 1.77. The van der Waals surface area contributed by atoms with Gasteiger partial charge < -0.3 is 19.9 Å². The molecule has 126 valence electrons. The molecule has 0 aromatic rings. The van der Waals surface area contributed by atoms with Gasteiger partial charge in [-0.3, -0.25) is 0 Å². The normalized spacial score (nSPS) is 23.6. The summed E-state index contributed by atoms with van der Waals surface area (Å²) in [6, 6.07) is 0.392. The molecular weight excluding hydrogens is 266 g/mol. The number of methoxy groups -OCH3 is 1. The number of unbranched alkanes of at least 4 members (excludes halogenated alkanes) is 5. The summed E-state index contributed by atoms with van der Waals surface area (Å²) in [5.41, 5.74) is 0. The van der Waals surface area contributed by atoms with Crippen molar-refractivity contribution in [2.45, 2.75) is 83.0 Å². The maximum Gasteiger partial charge on any atom is 0.0897 e. The van der Waals surface area contributed by atoms with E-state index in [9.17, 15) is 5.11 Å². The van der Waals surface area contributed by atoms with Gasteiger partial charge in [0, 0.05) is 26.3 Å². The molecule has 0 amide bonds. The van der Waals surface area contributed by atoms with E-state index in [1.54, 1.807) is 7.11 Å². The first-order valence-electron chi connectivity index (χ1n) is 8.80. The molecule has 1 saturated carbocycles. The van der Waals surface area contributed by atoms with Crippen LogP contribution in [0.15, 0.2) is 0 Å². The lowest BCUT2D eigenvalue weighted by molar-refractivity contribution is 0.0283. The van der Waals surface area contributed by atoms with Crippen LogP contribution in [-0.2, 0) is 9.47 Å². The second-order valence-electron chi connectivity index (χ2n) is 6.22. The third kappa shape index (κ3) is 8.77. The van der Waals surface area contributed by atoms with E-state index in [0.717, 1.165) is 25.9 Å². The SMILES string of the molecule is CCCCCCCCOCC(O)CNC1CCCC1OC. The quantitative estimate of drug-likeness (QED) is 0.514. The lowest BCUT2D eigenvalue weighted by Crippen LogP contribution is -2.42. The maximum atomic E-state index is 9.91. The first kappa shape index (κ1) is 18.9. The Kier molecular flexibility index (Phi) is 11.1. The van der Waals surface area contributed by atoms with Crippen LogP contribution in [0.25, 0.3) is 0 Å². The highest BCUT2D eigenvalue weighted by Gasteiger charge is 2.26.